The summed E-state index contributed by atoms with van der Waals surface area (Å²) in [6, 6.07) is 22.5. The van der Waals surface area contributed by atoms with Gasteiger partial charge in [-0.05, 0) is 64.0 Å². The number of carbonyl (C=O) groups is 1. The van der Waals surface area contributed by atoms with Crippen molar-refractivity contribution in [2.24, 2.45) is 0 Å². The molecule has 136 valence electrons. The van der Waals surface area contributed by atoms with Crippen LogP contribution in [0.2, 0.25) is 0 Å². The van der Waals surface area contributed by atoms with Gasteiger partial charge in [0.2, 0.25) is 0 Å². The van der Waals surface area contributed by atoms with Crippen LogP contribution in [0.4, 0.5) is 5.69 Å². The van der Waals surface area contributed by atoms with Gasteiger partial charge in [0.25, 0.3) is 5.91 Å². The molecule has 0 aliphatic carbocycles. The van der Waals surface area contributed by atoms with Gasteiger partial charge in [0.15, 0.2) is 0 Å². The first-order valence-corrected chi connectivity index (χ1v) is 9.92. The summed E-state index contributed by atoms with van der Waals surface area (Å²) in [7, 11) is 0. The molecule has 28 heavy (non-hydrogen) atoms. The fraction of sp³-hybridized carbons (Fsp3) is 0.0435. The van der Waals surface area contributed by atoms with Crippen LogP contribution in [-0.4, -0.2) is 5.91 Å². The maximum atomic E-state index is 13.4. The number of hydrogen-bond acceptors (Lipinski definition) is 3. The summed E-state index contributed by atoms with van der Waals surface area (Å²) in [5.41, 5.74) is 4.64. The Morgan fingerprint density at radius 2 is 1.71 bits per heavy atom. The molecule has 0 spiro atoms. The molecule has 1 aliphatic rings. The van der Waals surface area contributed by atoms with Crippen molar-refractivity contribution in [1.82, 2.24) is 0 Å². The molecule has 4 aromatic rings. The summed E-state index contributed by atoms with van der Waals surface area (Å²) in [5, 5.41) is 0.790. The third kappa shape index (κ3) is 2.74. The lowest BCUT2D eigenvalue weighted by Gasteiger charge is -2.31. The predicted molar refractivity (Wildman–Crippen MR) is 118 cm³/mol. The topological polar surface area (TPSA) is 50.5 Å². The summed E-state index contributed by atoms with van der Waals surface area (Å²) in [5.74, 6) is -0.0440. The number of fused-ring (bicyclic) bond motifs is 4. The van der Waals surface area contributed by atoms with E-state index in [4.69, 9.17) is 4.42 Å². The van der Waals surface area contributed by atoms with E-state index in [-0.39, 0.29) is 11.5 Å². The second-order valence-corrected chi connectivity index (χ2v) is 7.85. The molecular weight excluding hydrogens is 465 g/mol. The van der Waals surface area contributed by atoms with Crippen LogP contribution in [0.3, 0.4) is 0 Å². The molecule has 0 saturated heterocycles. The van der Waals surface area contributed by atoms with Gasteiger partial charge in [0.1, 0.15) is 5.58 Å². The SMILES string of the molecule is O=C(c1ccccc1I)N1Cc2ccccc2-c2cc3oc(=O)ccc3cc21. The maximum absolute atomic E-state index is 13.4. The van der Waals surface area contributed by atoms with Gasteiger partial charge in [-0.3, -0.25) is 4.79 Å². The number of rotatable bonds is 1. The molecule has 5 heteroatoms. The van der Waals surface area contributed by atoms with Crippen molar-refractivity contribution < 1.29 is 9.21 Å². The highest BCUT2D eigenvalue weighted by molar-refractivity contribution is 14.1. The summed E-state index contributed by atoms with van der Waals surface area (Å²) in [6.07, 6.45) is 0. The van der Waals surface area contributed by atoms with Gasteiger partial charge >= 0.3 is 5.63 Å². The first kappa shape index (κ1) is 17.2. The molecule has 3 aromatic carbocycles. The number of nitrogens with zero attached hydrogens (tertiary/aromatic N) is 1. The molecule has 2 heterocycles. The smallest absolute Gasteiger partial charge is 0.336 e. The molecule has 0 fully saturated rings. The Morgan fingerprint density at radius 1 is 0.929 bits per heavy atom. The molecule has 1 aromatic heterocycles. The van der Waals surface area contributed by atoms with E-state index in [2.05, 4.69) is 22.6 Å². The van der Waals surface area contributed by atoms with E-state index in [1.165, 1.54) is 6.07 Å². The molecule has 0 N–H and O–H groups in total. The number of hydrogen-bond donors (Lipinski definition) is 0. The zero-order chi connectivity index (χ0) is 19.3. The van der Waals surface area contributed by atoms with Crippen molar-refractivity contribution in [3.63, 3.8) is 0 Å². The standard InChI is InChI=1S/C23H14INO3/c24-19-8-4-3-7-17(19)23(27)25-13-15-5-1-2-6-16(15)18-12-21-14(11-20(18)25)9-10-22(26)28-21/h1-12H,13H2. The molecular formula is C23H14INO3. The minimum absolute atomic E-state index is 0.0440. The Labute approximate surface area is 174 Å². The zero-order valence-electron chi connectivity index (χ0n) is 14.7. The van der Waals surface area contributed by atoms with Gasteiger partial charge in [-0.1, -0.05) is 36.4 Å². The van der Waals surface area contributed by atoms with Gasteiger partial charge in [-0.15, -0.1) is 0 Å². The second kappa shape index (κ2) is 6.60. The normalized spacial score (nSPS) is 12.5. The molecule has 5 rings (SSSR count). The molecule has 0 unspecified atom stereocenters. The monoisotopic (exact) mass is 479 g/mol. The number of carbonyl (C=O) groups excluding carboxylic acids is 1. The largest absolute Gasteiger partial charge is 0.423 e. The first-order valence-electron chi connectivity index (χ1n) is 8.84. The molecule has 0 bridgehead atoms. The van der Waals surface area contributed by atoms with Crippen molar-refractivity contribution >= 4 is 45.2 Å². The van der Waals surface area contributed by atoms with Crippen LogP contribution in [0.15, 0.2) is 82.0 Å². The van der Waals surface area contributed by atoms with Crippen LogP contribution in [0.25, 0.3) is 22.1 Å². The Balaban J connectivity index is 1.76. The third-order valence-electron chi connectivity index (χ3n) is 5.01. The molecule has 1 aliphatic heterocycles. The van der Waals surface area contributed by atoms with Crippen molar-refractivity contribution in [3.8, 4) is 11.1 Å². The fourth-order valence-corrected chi connectivity index (χ4v) is 4.30. The fourth-order valence-electron chi connectivity index (χ4n) is 3.68. The van der Waals surface area contributed by atoms with E-state index >= 15 is 0 Å². The average molecular weight is 479 g/mol. The Bertz CT molecular complexity index is 1310. The van der Waals surface area contributed by atoms with E-state index in [0.717, 1.165) is 31.3 Å². The van der Waals surface area contributed by atoms with Crippen molar-refractivity contribution in [1.29, 1.82) is 0 Å². The van der Waals surface area contributed by atoms with Crippen molar-refractivity contribution in [2.75, 3.05) is 4.90 Å². The van der Waals surface area contributed by atoms with Gasteiger partial charge in [-0.25, -0.2) is 4.79 Å². The number of benzene rings is 3. The second-order valence-electron chi connectivity index (χ2n) is 6.69. The Kier molecular flexibility index (Phi) is 4.05. The molecule has 0 saturated carbocycles. The summed E-state index contributed by atoms with van der Waals surface area (Å²) in [4.78, 5) is 26.9. The lowest BCUT2D eigenvalue weighted by Crippen LogP contribution is -2.33. The van der Waals surface area contributed by atoms with E-state index in [1.54, 1.807) is 11.0 Å². The highest BCUT2D eigenvalue weighted by atomic mass is 127. The van der Waals surface area contributed by atoms with Crippen LogP contribution in [0.1, 0.15) is 15.9 Å². The van der Waals surface area contributed by atoms with Crippen LogP contribution in [-0.2, 0) is 6.54 Å². The zero-order valence-corrected chi connectivity index (χ0v) is 16.8. The molecule has 4 nitrogen and oxygen atoms in total. The lowest BCUT2D eigenvalue weighted by atomic mass is 9.92. The third-order valence-corrected chi connectivity index (χ3v) is 5.95. The summed E-state index contributed by atoms with van der Waals surface area (Å²) in [6.45, 7) is 0.495. The number of anilines is 1. The maximum Gasteiger partial charge on any atom is 0.336 e. The van der Waals surface area contributed by atoms with Crippen LogP contribution >= 0.6 is 22.6 Å². The first-order chi connectivity index (χ1) is 13.6. The predicted octanol–water partition coefficient (Wildman–Crippen LogP) is 5.23. The van der Waals surface area contributed by atoms with E-state index < -0.39 is 0 Å². The molecule has 0 radical (unpaired) electrons. The molecule has 1 amide bonds. The lowest BCUT2D eigenvalue weighted by molar-refractivity contribution is 0.0984. The number of amides is 1. The van der Waals surface area contributed by atoms with Crippen molar-refractivity contribution in [2.45, 2.75) is 6.54 Å². The number of halogens is 1. The average Bonchev–Trinajstić information content (AvgIpc) is 2.71. The van der Waals surface area contributed by atoms with Crippen LogP contribution in [0, 0.1) is 3.57 Å². The molecule has 0 atom stereocenters. The van der Waals surface area contributed by atoms with Crippen LogP contribution in [0.5, 0.6) is 0 Å². The van der Waals surface area contributed by atoms with Crippen molar-refractivity contribution in [3.05, 3.63) is 97.9 Å². The van der Waals surface area contributed by atoms with Gasteiger partial charge < -0.3 is 9.32 Å². The summed E-state index contributed by atoms with van der Waals surface area (Å²) < 4.78 is 6.30. The highest BCUT2D eigenvalue weighted by Crippen LogP contribution is 2.42. The van der Waals surface area contributed by atoms with Gasteiger partial charge in [0, 0.05) is 20.6 Å². The van der Waals surface area contributed by atoms with Gasteiger partial charge in [0.05, 0.1) is 17.8 Å². The Morgan fingerprint density at radius 3 is 2.57 bits per heavy atom. The van der Waals surface area contributed by atoms with Crippen LogP contribution < -0.4 is 10.5 Å². The van der Waals surface area contributed by atoms with Gasteiger partial charge in [-0.2, -0.15) is 0 Å². The highest BCUT2D eigenvalue weighted by Gasteiger charge is 2.28. The van der Waals surface area contributed by atoms with E-state index in [0.29, 0.717) is 17.7 Å². The van der Waals surface area contributed by atoms with E-state index in [1.807, 2.05) is 60.7 Å². The minimum Gasteiger partial charge on any atom is -0.423 e. The Hall–Kier alpha value is -2.93. The minimum atomic E-state index is -0.386. The quantitative estimate of drug-likeness (QED) is 0.278. The van der Waals surface area contributed by atoms with E-state index in [9.17, 15) is 9.59 Å². The summed E-state index contributed by atoms with van der Waals surface area (Å²) >= 11 is 2.19.